The first kappa shape index (κ1) is 23.1. The molecule has 0 saturated carbocycles. The van der Waals surface area contributed by atoms with Gasteiger partial charge in [0.2, 0.25) is 0 Å². The van der Waals surface area contributed by atoms with Crippen LogP contribution in [0.2, 0.25) is 0 Å². The highest BCUT2D eigenvalue weighted by molar-refractivity contribution is 7.56. The van der Waals surface area contributed by atoms with E-state index in [1.807, 2.05) is 0 Å². The lowest BCUT2D eigenvalue weighted by Crippen LogP contribution is -2.13. The molecule has 0 aliphatic heterocycles. The molecule has 6 aromatic rings. The highest BCUT2D eigenvalue weighted by atomic mass is 31.1. The van der Waals surface area contributed by atoms with E-state index in [9.17, 15) is 0 Å². The quantitative estimate of drug-likeness (QED) is 0.216. The number of benzene rings is 6. The van der Waals surface area contributed by atoms with Gasteiger partial charge in [-0.1, -0.05) is 150 Å². The molecule has 0 aliphatic carbocycles. The molecule has 36 heavy (non-hydrogen) atoms. The first-order valence-corrected chi connectivity index (χ1v) is 14.4. The molecule has 0 fully saturated rings. The number of aryl methyl sites for hydroxylation is 2. The Morgan fingerprint density at radius 1 is 0.417 bits per heavy atom. The van der Waals surface area contributed by atoms with Crippen LogP contribution >= 0.6 is 17.2 Å². The first-order chi connectivity index (χ1) is 17.7. The zero-order valence-electron chi connectivity index (χ0n) is 20.5. The summed E-state index contributed by atoms with van der Waals surface area (Å²) in [5.41, 5.74) is 5.38. The third-order valence-corrected chi connectivity index (χ3v) is 9.32. The van der Waals surface area contributed by atoms with E-state index < -0.39 is 0 Å². The average molecular weight is 499 g/mol. The zero-order chi connectivity index (χ0) is 24.5. The minimum absolute atomic E-state index is 0.598. The van der Waals surface area contributed by atoms with Crippen LogP contribution in [-0.2, 0) is 0 Å². The van der Waals surface area contributed by atoms with E-state index in [0.717, 1.165) is 0 Å². The molecular weight excluding hydrogens is 470 g/mol. The molecule has 0 saturated heterocycles. The van der Waals surface area contributed by atoms with Gasteiger partial charge in [-0.25, -0.2) is 0 Å². The topological polar surface area (TPSA) is 0 Å². The van der Waals surface area contributed by atoms with Gasteiger partial charge in [-0.2, -0.15) is 0 Å². The molecule has 6 aromatic carbocycles. The summed E-state index contributed by atoms with van der Waals surface area (Å²) in [5, 5.41) is 10.9. The van der Waals surface area contributed by atoms with Crippen LogP contribution in [-0.4, -0.2) is 0 Å². The van der Waals surface area contributed by atoms with Gasteiger partial charge in [0, 0.05) is 0 Å². The highest BCUT2D eigenvalue weighted by Gasteiger charge is 2.18. The lowest BCUT2D eigenvalue weighted by molar-refractivity contribution is 1.50. The average Bonchev–Trinajstić information content (AvgIpc) is 2.90. The van der Waals surface area contributed by atoms with E-state index in [4.69, 9.17) is 0 Å². The monoisotopic (exact) mass is 498 g/mol. The van der Waals surface area contributed by atoms with Crippen LogP contribution in [0, 0.1) is 13.8 Å². The lowest BCUT2D eigenvalue weighted by atomic mass is 9.92. The Morgan fingerprint density at radius 2 is 0.833 bits per heavy atom. The van der Waals surface area contributed by atoms with E-state index in [0.29, 0.717) is 17.2 Å². The van der Waals surface area contributed by atoms with Crippen LogP contribution in [0.4, 0.5) is 0 Å². The fourth-order valence-corrected chi connectivity index (χ4v) is 7.44. The van der Waals surface area contributed by atoms with Crippen molar-refractivity contribution < 1.29 is 0 Å². The molecule has 0 radical (unpaired) electrons. The van der Waals surface area contributed by atoms with E-state index in [1.54, 1.807) is 0 Å². The Labute approximate surface area is 217 Å². The maximum absolute atomic E-state index is 2.37. The zero-order valence-corrected chi connectivity index (χ0v) is 22.5. The molecule has 0 aliphatic rings. The minimum atomic E-state index is 0.598. The predicted molar refractivity (Wildman–Crippen MR) is 164 cm³/mol. The van der Waals surface area contributed by atoms with Crippen molar-refractivity contribution in [1.29, 1.82) is 0 Å². The molecule has 6 rings (SSSR count). The van der Waals surface area contributed by atoms with E-state index in [1.165, 1.54) is 65.0 Å². The van der Waals surface area contributed by atoms with Gasteiger partial charge in [0.25, 0.3) is 0 Å². The number of hydrogen-bond donors (Lipinski definition) is 0. The molecule has 2 unspecified atom stereocenters. The van der Waals surface area contributed by atoms with Gasteiger partial charge in [0.1, 0.15) is 0 Å². The summed E-state index contributed by atoms with van der Waals surface area (Å²) >= 11 is 0. The largest absolute Gasteiger partial charge is 0.0622 e. The van der Waals surface area contributed by atoms with Crippen molar-refractivity contribution in [3.05, 3.63) is 132 Å². The van der Waals surface area contributed by atoms with Crippen LogP contribution in [0.1, 0.15) is 11.1 Å². The summed E-state index contributed by atoms with van der Waals surface area (Å²) in [4.78, 5) is 0. The second-order valence-electron chi connectivity index (χ2n) is 9.41. The molecular formula is C34H28P2. The number of hydrogen-bond acceptors (Lipinski definition) is 0. The Bertz CT molecular complexity index is 1560. The van der Waals surface area contributed by atoms with Crippen molar-refractivity contribution >= 4 is 59.9 Å². The summed E-state index contributed by atoms with van der Waals surface area (Å²) in [6.07, 6.45) is 0. The highest BCUT2D eigenvalue weighted by Crippen LogP contribution is 2.37. The van der Waals surface area contributed by atoms with Crippen molar-refractivity contribution in [3.8, 4) is 11.1 Å². The molecule has 0 heterocycles. The van der Waals surface area contributed by atoms with Crippen LogP contribution in [0.15, 0.2) is 121 Å². The van der Waals surface area contributed by atoms with Gasteiger partial charge in [0.15, 0.2) is 0 Å². The fourth-order valence-electron chi connectivity index (χ4n) is 5.00. The Balaban J connectivity index is 1.68. The molecule has 0 bridgehead atoms. The summed E-state index contributed by atoms with van der Waals surface area (Å²) in [5.74, 6) is 0. The van der Waals surface area contributed by atoms with Gasteiger partial charge in [-0.15, -0.1) is 0 Å². The third-order valence-electron chi connectivity index (χ3n) is 6.71. The molecule has 0 amide bonds. The second-order valence-corrected chi connectivity index (χ2v) is 12.1. The summed E-state index contributed by atoms with van der Waals surface area (Å²) < 4.78 is 0. The second kappa shape index (κ2) is 9.99. The Morgan fingerprint density at radius 3 is 1.25 bits per heavy atom. The van der Waals surface area contributed by atoms with E-state index in [2.05, 4.69) is 135 Å². The summed E-state index contributed by atoms with van der Waals surface area (Å²) in [6.45, 7) is 4.36. The maximum Gasteiger partial charge on any atom is -0.00150 e. The fraction of sp³-hybridized carbons (Fsp3) is 0.0588. The maximum atomic E-state index is 2.37. The molecule has 174 valence electrons. The Hall–Kier alpha value is -3.30. The van der Waals surface area contributed by atoms with Crippen LogP contribution in [0.5, 0.6) is 0 Å². The molecule has 0 N–H and O–H groups in total. The normalized spacial score (nSPS) is 11.9. The van der Waals surface area contributed by atoms with Crippen LogP contribution in [0.3, 0.4) is 0 Å². The van der Waals surface area contributed by atoms with Crippen molar-refractivity contribution in [3.63, 3.8) is 0 Å². The van der Waals surface area contributed by atoms with Crippen molar-refractivity contribution in [2.24, 2.45) is 0 Å². The Kier molecular flexibility index (Phi) is 6.41. The van der Waals surface area contributed by atoms with E-state index in [-0.39, 0.29) is 0 Å². The van der Waals surface area contributed by atoms with Crippen molar-refractivity contribution in [2.45, 2.75) is 13.8 Å². The lowest BCUT2D eigenvalue weighted by Gasteiger charge is -2.20. The number of rotatable bonds is 5. The van der Waals surface area contributed by atoms with Gasteiger partial charge < -0.3 is 0 Å². The van der Waals surface area contributed by atoms with Gasteiger partial charge in [-0.05, 0) is 67.7 Å². The SMILES string of the molecule is Cc1ccc2c(-c3c(Pc4ccccc4)ccc4cc(C)ccc34)c(Pc3ccccc3)ccc2c1. The molecule has 2 heteroatoms. The summed E-state index contributed by atoms with van der Waals surface area (Å²) in [7, 11) is 1.20. The summed E-state index contributed by atoms with van der Waals surface area (Å²) in [6, 6.07) is 45.0. The van der Waals surface area contributed by atoms with Crippen LogP contribution in [0.25, 0.3) is 32.7 Å². The van der Waals surface area contributed by atoms with Gasteiger partial charge in [0.05, 0.1) is 0 Å². The minimum Gasteiger partial charge on any atom is -0.0622 e. The molecule has 2 atom stereocenters. The first-order valence-electron chi connectivity index (χ1n) is 12.4. The molecule has 0 aromatic heterocycles. The standard InChI is InChI=1S/C34H28P2/c1-23-13-17-29-25(21-23)15-19-31(35-27-9-5-3-6-10-27)33(29)34-30-18-14-24(2)22-26(30)16-20-32(34)36-28-11-7-4-8-12-28/h3-22,35-36H,1-2H3. The molecule has 0 nitrogen and oxygen atoms in total. The third kappa shape index (κ3) is 4.60. The smallest absolute Gasteiger partial charge is 0.00150 e. The van der Waals surface area contributed by atoms with Gasteiger partial charge in [-0.3, -0.25) is 0 Å². The predicted octanol–water partition coefficient (Wildman–Crippen LogP) is 7.54. The van der Waals surface area contributed by atoms with Crippen molar-refractivity contribution in [1.82, 2.24) is 0 Å². The van der Waals surface area contributed by atoms with Crippen LogP contribution < -0.4 is 21.2 Å². The van der Waals surface area contributed by atoms with E-state index >= 15 is 0 Å². The molecule has 0 spiro atoms. The van der Waals surface area contributed by atoms with Crippen molar-refractivity contribution in [2.75, 3.05) is 0 Å². The number of fused-ring (bicyclic) bond motifs is 2. The van der Waals surface area contributed by atoms with Gasteiger partial charge >= 0.3 is 0 Å².